The Balaban J connectivity index is 0.00000274. The van der Waals surface area contributed by atoms with E-state index in [1.807, 2.05) is 46.8 Å². The number of esters is 1. The number of fused-ring (bicyclic) bond motifs is 1. The molecule has 0 spiro atoms. The zero-order valence-electron chi connectivity index (χ0n) is 22.7. The predicted octanol–water partition coefficient (Wildman–Crippen LogP) is 7.93. The number of halogens is 1. The monoisotopic (exact) mass is 501 g/mol. The maximum absolute atomic E-state index is 13.9. The maximum atomic E-state index is 13.9. The van der Waals surface area contributed by atoms with Crippen molar-refractivity contribution >= 4 is 23.3 Å². The van der Waals surface area contributed by atoms with Crippen molar-refractivity contribution in [2.24, 2.45) is 5.41 Å². The van der Waals surface area contributed by atoms with Gasteiger partial charge >= 0.3 is 5.97 Å². The molecule has 0 atom stereocenters. The molecule has 194 valence electrons. The average Bonchev–Trinajstić information content (AvgIpc) is 3.05. The number of allylic oxidation sites excluding steroid dienone is 6. The molecule has 0 saturated heterocycles. The van der Waals surface area contributed by atoms with E-state index in [1.165, 1.54) is 28.7 Å². The number of ether oxygens (including phenoxy) is 1. The molecule has 5 heteroatoms. The van der Waals surface area contributed by atoms with E-state index in [-0.39, 0.29) is 11.8 Å². The van der Waals surface area contributed by atoms with Gasteiger partial charge in [0.05, 0.1) is 12.5 Å². The highest BCUT2D eigenvalue weighted by Gasteiger charge is 2.28. The van der Waals surface area contributed by atoms with Crippen LogP contribution in [0.4, 0.5) is 4.39 Å². The number of benzene rings is 1. The largest absolute Gasteiger partial charge is 0.469 e. The van der Waals surface area contributed by atoms with Gasteiger partial charge in [0, 0.05) is 18.7 Å². The van der Waals surface area contributed by atoms with Crippen molar-refractivity contribution in [3.8, 4) is 12.8 Å². The number of hydrogen-bond donors (Lipinski definition) is 1. The number of carbonyl (C=O) groups is 1. The molecule has 1 N–H and O–H groups in total. The summed E-state index contributed by atoms with van der Waals surface area (Å²) in [4.78, 5) is 13.1. The van der Waals surface area contributed by atoms with Crippen LogP contribution in [-0.2, 0) is 15.3 Å². The van der Waals surface area contributed by atoms with Gasteiger partial charge in [-0.2, -0.15) is 0 Å². The molecule has 1 heterocycles. The molecule has 0 aliphatic carbocycles. The standard InChI is InChI=1S/C26H36FNO2S.C2H6.C2H2/c1-6-8-11-22-16-24(23-13-12-21(27)15-20(23)17-31-22)19(7-2)10-9-14-28-18-26(3,4)25(29)30-5;2*1-2/h6,8,11-13,15,28H,7,9-10,14,16-18H2,1-5H3;1-2H3;1-2H/b8-6-,22-11+,24-19+;;. The van der Waals surface area contributed by atoms with Crippen LogP contribution in [0.1, 0.15) is 78.4 Å². The topological polar surface area (TPSA) is 38.3 Å². The SMILES string of the molecule is C#C.C/C=C\C=C1/C/C(=C(/CC)CCCNCC(C)(C)C(=O)OC)c2ccc(F)cc2CS1.CC. The Morgan fingerprint density at radius 1 is 1.29 bits per heavy atom. The first-order valence-electron chi connectivity index (χ1n) is 12.4. The number of hydrogen-bond acceptors (Lipinski definition) is 4. The number of terminal acetylenes is 1. The number of carbonyl (C=O) groups excluding carboxylic acids is 1. The number of nitrogens with one attached hydrogen (secondary N) is 1. The fourth-order valence-corrected chi connectivity index (χ4v) is 4.81. The summed E-state index contributed by atoms with van der Waals surface area (Å²) in [7, 11) is 1.43. The van der Waals surface area contributed by atoms with Gasteiger partial charge < -0.3 is 10.1 Å². The van der Waals surface area contributed by atoms with Gasteiger partial charge in [-0.25, -0.2) is 4.39 Å². The van der Waals surface area contributed by atoms with E-state index in [1.54, 1.807) is 23.9 Å². The van der Waals surface area contributed by atoms with Crippen molar-refractivity contribution in [3.05, 3.63) is 63.8 Å². The Morgan fingerprint density at radius 3 is 2.57 bits per heavy atom. The third-order valence-corrected chi connectivity index (χ3v) is 6.73. The summed E-state index contributed by atoms with van der Waals surface area (Å²) >= 11 is 1.80. The first kappa shape index (κ1) is 32.7. The van der Waals surface area contributed by atoms with E-state index in [2.05, 4.69) is 37.2 Å². The Bertz CT molecular complexity index is 897. The van der Waals surface area contributed by atoms with Crippen molar-refractivity contribution in [1.29, 1.82) is 0 Å². The second kappa shape index (κ2) is 18.0. The molecule has 1 aromatic carbocycles. The van der Waals surface area contributed by atoms with Crippen LogP contribution in [-0.4, -0.2) is 26.2 Å². The summed E-state index contributed by atoms with van der Waals surface area (Å²) in [6.45, 7) is 13.4. The highest BCUT2D eigenvalue weighted by molar-refractivity contribution is 8.02. The Hall–Kier alpha value is -2.29. The van der Waals surface area contributed by atoms with Crippen LogP contribution >= 0.6 is 11.8 Å². The summed E-state index contributed by atoms with van der Waals surface area (Å²) in [5.41, 5.74) is 4.50. The number of rotatable bonds is 9. The molecular weight excluding hydrogens is 457 g/mol. The first-order chi connectivity index (χ1) is 16.8. The molecule has 2 rings (SSSR count). The van der Waals surface area contributed by atoms with Gasteiger partial charge in [-0.1, -0.05) is 50.6 Å². The zero-order valence-corrected chi connectivity index (χ0v) is 23.5. The van der Waals surface area contributed by atoms with Crippen molar-refractivity contribution in [2.45, 2.75) is 73.0 Å². The van der Waals surface area contributed by atoms with Crippen LogP contribution in [0.3, 0.4) is 0 Å². The van der Waals surface area contributed by atoms with E-state index in [4.69, 9.17) is 4.74 Å². The molecular formula is C30H44FNO2S. The van der Waals surface area contributed by atoms with Gasteiger partial charge in [0.15, 0.2) is 0 Å². The van der Waals surface area contributed by atoms with Gasteiger partial charge in [0.2, 0.25) is 0 Å². The number of thioether (sulfide) groups is 1. The third kappa shape index (κ3) is 10.9. The summed E-state index contributed by atoms with van der Waals surface area (Å²) in [5, 5.41) is 3.40. The van der Waals surface area contributed by atoms with E-state index in [9.17, 15) is 9.18 Å². The van der Waals surface area contributed by atoms with Crippen LogP contribution in [0.15, 0.2) is 46.9 Å². The maximum Gasteiger partial charge on any atom is 0.312 e. The summed E-state index contributed by atoms with van der Waals surface area (Å²) < 4.78 is 18.8. The fraction of sp³-hybridized carbons (Fsp3) is 0.500. The van der Waals surface area contributed by atoms with E-state index < -0.39 is 5.41 Å². The first-order valence-corrected chi connectivity index (χ1v) is 13.4. The summed E-state index contributed by atoms with van der Waals surface area (Å²) in [6, 6.07) is 5.21. The van der Waals surface area contributed by atoms with Crippen LogP contribution in [0.5, 0.6) is 0 Å². The van der Waals surface area contributed by atoms with Gasteiger partial charge in [-0.05, 0) is 80.3 Å². The Labute approximate surface area is 217 Å². The summed E-state index contributed by atoms with van der Waals surface area (Å²) in [5.74, 6) is 0.424. The van der Waals surface area contributed by atoms with E-state index in [0.29, 0.717) is 6.54 Å². The van der Waals surface area contributed by atoms with Gasteiger partial charge in [-0.3, -0.25) is 4.79 Å². The highest BCUT2D eigenvalue weighted by Crippen LogP contribution is 2.41. The van der Waals surface area contributed by atoms with Crippen LogP contribution in [0, 0.1) is 24.1 Å². The van der Waals surface area contributed by atoms with Crippen molar-refractivity contribution in [2.75, 3.05) is 20.2 Å². The molecule has 0 fully saturated rings. The lowest BCUT2D eigenvalue weighted by atomic mass is 9.90. The normalized spacial score (nSPS) is 15.8. The second-order valence-corrected chi connectivity index (χ2v) is 9.62. The third-order valence-electron chi connectivity index (χ3n) is 5.62. The molecule has 0 unspecified atom stereocenters. The predicted molar refractivity (Wildman–Crippen MR) is 152 cm³/mol. The van der Waals surface area contributed by atoms with Crippen LogP contribution in [0.2, 0.25) is 0 Å². The van der Waals surface area contributed by atoms with Crippen LogP contribution in [0.25, 0.3) is 5.57 Å². The molecule has 0 bridgehead atoms. The van der Waals surface area contributed by atoms with Crippen molar-refractivity contribution in [3.63, 3.8) is 0 Å². The second-order valence-electron chi connectivity index (χ2n) is 8.52. The molecule has 0 saturated carbocycles. The molecule has 1 aliphatic heterocycles. The lowest BCUT2D eigenvalue weighted by molar-refractivity contribution is -0.150. The van der Waals surface area contributed by atoms with Gasteiger partial charge in [0.25, 0.3) is 0 Å². The molecule has 3 nitrogen and oxygen atoms in total. The quantitative estimate of drug-likeness (QED) is 0.212. The van der Waals surface area contributed by atoms with E-state index >= 15 is 0 Å². The minimum atomic E-state index is -0.533. The van der Waals surface area contributed by atoms with Gasteiger partial charge in [-0.15, -0.1) is 24.6 Å². The minimum absolute atomic E-state index is 0.171. The smallest absolute Gasteiger partial charge is 0.312 e. The fourth-order valence-electron chi connectivity index (χ4n) is 3.81. The molecule has 0 aromatic heterocycles. The lowest BCUT2D eigenvalue weighted by Crippen LogP contribution is -2.37. The number of methoxy groups -OCH3 is 1. The van der Waals surface area contributed by atoms with E-state index in [0.717, 1.165) is 43.5 Å². The zero-order chi connectivity index (χ0) is 26.9. The van der Waals surface area contributed by atoms with Crippen molar-refractivity contribution in [1.82, 2.24) is 5.32 Å². The highest BCUT2D eigenvalue weighted by atomic mass is 32.2. The molecule has 0 amide bonds. The minimum Gasteiger partial charge on any atom is -0.469 e. The molecule has 1 aromatic rings. The summed E-state index contributed by atoms with van der Waals surface area (Å²) in [6.07, 6.45) is 18.1. The lowest BCUT2D eigenvalue weighted by Gasteiger charge is -2.22. The Morgan fingerprint density at radius 2 is 1.97 bits per heavy atom. The molecule has 0 radical (unpaired) electrons. The molecule has 1 aliphatic rings. The average molecular weight is 502 g/mol. The van der Waals surface area contributed by atoms with Crippen molar-refractivity contribution < 1.29 is 13.9 Å². The van der Waals surface area contributed by atoms with Crippen LogP contribution < -0.4 is 5.32 Å². The van der Waals surface area contributed by atoms with Gasteiger partial charge in [0.1, 0.15) is 5.82 Å². The Kier molecular flexibility index (Phi) is 16.9. The molecule has 35 heavy (non-hydrogen) atoms.